The Morgan fingerprint density at radius 2 is 1.66 bits per heavy atom. The van der Waals surface area contributed by atoms with Crippen LogP contribution in [0.2, 0.25) is 0 Å². The lowest BCUT2D eigenvalue weighted by Gasteiger charge is -2.27. The van der Waals surface area contributed by atoms with Crippen molar-refractivity contribution in [1.29, 1.82) is 0 Å². The molecule has 0 unspecified atom stereocenters. The average molecular weight is 526 g/mol. The summed E-state index contributed by atoms with van der Waals surface area (Å²) in [6.07, 6.45) is 2.22. The maximum absolute atomic E-state index is 13.0. The van der Waals surface area contributed by atoms with E-state index >= 15 is 0 Å². The molecule has 1 atom stereocenters. The molecule has 0 aliphatic heterocycles. The second-order valence-corrected chi connectivity index (χ2v) is 7.65. The quantitative estimate of drug-likeness (QED) is 0.387. The lowest BCUT2D eigenvalue weighted by atomic mass is 10.0. The van der Waals surface area contributed by atoms with Gasteiger partial charge in [0.1, 0.15) is 18.6 Å². The van der Waals surface area contributed by atoms with Gasteiger partial charge in [-0.2, -0.15) is 0 Å². The van der Waals surface area contributed by atoms with Gasteiger partial charge in [-0.25, -0.2) is 4.79 Å². The number of likely N-dealkylation sites (N-methyl/N-ethyl adjacent to an activating group) is 1. The number of hydrogen-bond acceptors (Lipinski definition) is 5. The predicted molar refractivity (Wildman–Crippen MR) is 158 cm³/mol. The maximum Gasteiger partial charge on any atom is 0.312 e. The molecule has 0 heterocycles. The van der Waals surface area contributed by atoms with Gasteiger partial charge in [0.25, 0.3) is 0 Å². The Kier molecular flexibility index (Phi) is 17.4. The third-order valence-corrected chi connectivity index (χ3v) is 5.14. The Morgan fingerprint density at radius 3 is 2.11 bits per heavy atom. The van der Waals surface area contributed by atoms with Crippen molar-refractivity contribution < 1.29 is 27.1 Å². The lowest BCUT2D eigenvalue weighted by Crippen LogP contribution is -2.51. The van der Waals surface area contributed by atoms with Crippen LogP contribution in [0.5, 0.6) is 5.75 Å². The van der Waals surface area contributed by atoms with Crippen molar-refractivity contribution in [1.82, 2.24) is 5.32 Å². The first-order chi connectivity index (χ1) is 18.4. The van der Waals surface area contributed by atoms with Crippen LogP contribution < -0.4 is 20.7 Å². The summed E-state index contributed by atoms with van der Waals surface area (Å²) in [5.41, 5.74) is 9.42. The van der Waals surface area contributed by atoms with E-state index in [0.29, 0.717) is 18.7 Å². The summed E-state index contributed by atoms with van der Waals surface area (Å²) >= 11 is 0. The molecular weight excluding hydrogens is 482 g/mol. The monoisotopic (exact) mass is 525 g/mol. The molecule has 0 aliphatic rings. The molecule has 0 saturated carbocycles. The Morgan fingerprint density at radius 1 is 1.05 bits per heavy atom. The molecule has 208 valence electrons. The number of benzene rings is 3. The summed E-state index contributed by atoms with van der Waals surface area (Å²) < 4.78 is 5.15. The highest BCUT2D eigenvalue weighted by atomic mass is 16.5. The first-order valence-electron chi connectivity index (χ1n) is 11.9. The fourth-order valence-electron chi connectivity index (χ4n) is 3.43. The number of nitrogens with zero attached hydrogens (tertiary/aromatic N) is 1. The van der Waals surface area contributed by atoms with Crippen molar-refractivity contribution in [3.8, 4) is 5.75 Å². The van der Waals surface area contributed by atoms with Gasteiger partial charge in [-0.1, -0.05) is 72.8 Å². The molecule has 8 heteroatoms. The van der Waals surface area contributed by atoms with Crippen LogP contribution in [0.3, 0.4) is 0 Å². The molecule has 0 radical (unpaired) electrons. The number of urea groups is 1. The number of nitrogens with two attached hydrogens (primary N) is 1. The first-order valence-corrected chi connectivity index (χ1v) is 11.9. The summed E-state index contributed by atoms with van der Waals surface area (Å²) in [5, 5.41) is 9.56. The van der Waals surface area contributed by atoms with Crippen LogP contribution >= 0.6 is 0 Å². The van der Waals surface area contributed by atoms with E-state index in [-0.39, 0.29) is 8.76 Å². The van der Waals surface area contributed by atoms with Gasteiger partial charge in [-0.05, 0) is 49.2 Å². The van der Waals surface area contributed by atoms with E-state index in [1.54, 1.807) is 24.1 Å². The van der Waals surface area contributed by atoms with Crippen LogP contribution in [0.25, 0.3) is 6.08 Å². The maximum atomic E-state index is 13.0. The molecule has 0 saturated heterocycles. The molecule has 3 aromatic carbocycles. The summed E-state index contributed by atoms with van der Waals surface area (Å²) in [7, 11) is 2.59. The van der Waals surface area contributed by atoms with Gasteiger partial charge in [0.15, 0.2) is 0 Å². The largest absolute Gasteiger partial charge is 0.497 e. The van der Waals surface area contributed by atoms with Gasteiger partial charge >= 0.3 is 6.03 Å². The zero-order valence-corrected chi connectivity index (χ0v) is 22.6. The number of ether oxygens (including phenoxy) is 1. The highest BCUT2D eigenvalue weighted by molar-refractivity contribution is 5.99. The fourth-order valence-corrected chi connectivity index (χ4v) is 3.43. The standard InChI is InChI=1S/C19H23N3O3.C9H10.CH4O.CH2O.2H2/c1-3-22(15-9-11-16(25-2)12-10-15)18(23)17(21-19(20)24)13-14-7-5-4-6-8-14;1-3-9-6-4-5-8(2)7-9;2*1-2;;/h4-12,17H,3,13H2,1-2H3,(H3,20,21,24);3-7H,1H2,2H3;2H,1H3;1H2;2*1H/t17-;;;;;/m0...../s1. The number of primary amides is 1. The normalized spacial score (nSPS) is 9.92. The zero-order chi connectivity index (χ0) is 28.9. The number of rotatable bonds is 8. The molecule has 3 aromatic rings. The number of nitrogens with one attached hydrogen (secondary N) is 1. The highest BCUT2D eigenvalue weighted by Crippen LogP contribution is 2.20. The highest BCUT2D eigenvalue weighted by Gasteiger charge is 2.26. The van der Waals surface area contributed by atoms with E-state index in [0.717, 1.165) is 18.4 Å². The Balaban J connectivity index is -0.000000768. The Bertz CT molecular complexity index is 1100. The molecule has 3 amide bonds. The fraction of sp³-hybridized carbons (Fsp3) is 0.233. The summed E-state index contributed by atoms with van der Waals surface area (Å²) in [4.78, 5) is 34.0. The molecule has 4 N–H and O–H groups in total. The van der Waals surface area contributed by atoms with Gasteiger partial charge < -0.3 is 30.6 Å². The summed E-state index contributed by atoms with van der Waals surface area (Å²) in [5.74, 6) is 0.499. The van der Waals surface area contributed by atoms with Crippen molar-refractivity contribution in [2.75, 3.05) is 25.7 Å². The number of hydrogen-bond donors (Lipinski definition) is 3. The van der Waals surface area contributed by atoms with E-state index in [9.17, 15) is 9.59 Å². The molecule has 0 aliphatic carbocycles. The summed E-state index contributed by atoms with van der Waals surface area (Å²) in [6.45, 7) is 10.1. The van der Waals surface area contributed by atoms with Gasteiger partial charge in [-0.15, -0.1) is 0 Å². The van der Waals surface area contributed by atoms with Crippen molar-refractivity contribution in [3.63, 3.8) is 0 Å². The van der Waals surface area contributed by atoms with Gasteiger partial charge in [-0.3, -0.25) is 4.79 Å². The number of amides is 3. The van der Waals surface area contributed by atoms with Crippen molar-refractivity contribution in [2.24, 2.45) is 5.73 Å². The Hall–Kier alpha value is -4.43. The number of carbonyl (C=O) groups excluding carboxylic acids is 3. The molecule has 0 aromatic heterocycles. The molecule has 8 nitrogen and oxygen atoms in total. The SMILES string of the molecule is C=Cc1cccc(C)c1.C=O.CCN(C(=O)[C@H](Cc1ccccc1)NC(N)=O)c1ccc(OC)cc1.CO.[HH].[HH]. The molecule has 38 heavy (non-hydrogen) atoms. The number of aryl methyl sites for hydroxylation is 1. The topological polar surface area (TPSA) is 122 Å². The van der Waals surface area contributed by atoms with E-state index < -0.39 is 12.1 Å². The molecule has 0 bridgehead atoms. The predicted octanol–water partition coefficient (Wildman–Crippen LogP) is 4.88. The van der Waals surface area contributed by atoms with E-state index in [1.165, 1.54) is 11.1 Å². The third-order valence-electron chi connectivity index (χ3n) is 5.14. The van der Waals surface area contributed by atoms with Crippen LogP contribution in [-0.2, 0) is 16.0 Å². The second-order valence-electron chi connectivity index (χ2n) is 7.65. The number of aliphatic hydroxyl groups excluding tert-OH is 1. The van der Waals surface area contributed by atoms with Crippen LogP contribution in [0.4, 0.5) is 10.5 Å². The van der Waals surface area contributed by atoms with Gasteiger partial charge in [0.05, 0.1) is 7.11 Å². The van der Waals surface area contributed by atoms with Crippen LogP contribution in [-0.4, -0.2) is 50.6 Å². The molecule has 3 rings (SSSR count). The minimum absolute atomic E-state index is 0. The van der Waals surface area contributed by atoms with E-state index in [2.05, 4.69) is 31.0 Å². The molecule has 0 fully saturated rings. The van der Waals surface area contributed by atoms with Crippen LogP contribution in [0, 0.1) is 6.92 Å². The summed E-state index contributed by atoms with van der Waals surface area (Å²) in [6, 6.07) is 23.5. The van der Waals surface area contributed by atoms with Crippen molar-refractivity contribution in [2.45, 2.75) is 26.3 Å². The van der Waals surface area contributed by atoms with Crippen molar-refractivity contribution in [3.05, 3.63) is 102 Å². The Labute approximate surface area is 228 Å². The lowest BCUT2D eigenvalue weighted by molar-refractivity contribution is -0.120. The van der Waals surface area contributed by atoms with Crippen molar-refractivity contribution >= 4 is 30.5 Å². The smallest absolute Gasteiger partial charge is 0.312 e. The average Bonchev–Trinajstić information content (AvgIpc) is 2.96. The number of aliphatic hydroxyl groups is 1. The third kappa shape index (κ3) is 12.0. The minimum atomic E-state index is -0.734. The zero-order valence-electron chi connectivity index (χ0n) is 22.6. The van der Waals surface area contributed by atoms with E-state index in [1.807, 2.05) is 74.4 Å². The second kappa shape index (κ2) is 19.7. The first kappa shape index (κ1) is 33.6. The van der Waals surface area contributed by atoms with Gasteiger partial charge in [0, 0.05) is 28.6 Å². The van der Waals surface area contributed by atoms with Crippen LogP contribution in [0.15, 0.2) is 85.4 Å². The molecule has 0 spiro atoms. The number of methoxy groups -OCH3 is 1. The van der Waals surface area contributed by atoms with Crippen LogP contribution in [0.1, 0.15) is 26.5 Å². The number of anilines is 1. The van der Waals surface area contributed by atoms with Gasteiger partial charge in [0.2, 0.25) is 5.91 Å². The minimum Gasteiger partial charge on any atom is -0.497 e. The number of carbonyl (C=O) groups is 3. The molecular formula is C30H43N3O5. The van der Waals surface area contributed by atoms with E-state index in [4.69, 9.17) is 20.4 Å².